The Bertz CT molecular complexity index is 1820. The topological polar surface area (TPSA) is 124 Å². The van der Waals surface area contributed by atoms with Crippen molar-refractivity contribution < 1.29 is 32.6 Å². The van der Waals surface area contributed by atoms with Gasteiger partial charge in [-0.1, -0.05) is 51.1 Å². The first-order valence-electron chi connectivity index (χ1n) is 13.6. The maximum atomic E-state index is 13.9. The van der Waals surface area contributed by atoms with Gasteiger partial charge in [0.25, 0.3) is 10.0 Å². The van der Waals surface area contributed by atoms with Crippen LogP contribution in [0.4, 0.5) is 0 Å². The monoisotopic (exact) mass is 588 g/mol. The number of carboxylic acids is 1. The SMILES string of the molecule is CCC(=Cc1ccc2c(C(C(=O)NS(=O)(=O)c3ccc(C(C)C)cc3)c3ccc4c(c3)OCO4)cn(C)c2c1)C(=O)O. The number of hydrogen-bond acceptors (Lipinski definition) is 6. The lowest BCUT2D eigenvalue weighted by atomic mass is 9.90. The second kappa shape index (κ2) is 11.4. The van der Waals surface area contributed by atoms with Crippen LogP contribution in [0.3, 0.4) is 0 Å². The van der Waals surface area contributed by atoms with Crippen molar-refractivity contribution in [2.75, 3.05) is 6.79 Å². The maximum absolute atomic E-state index is 13.9. The quantitative estimate of drug-likeness (QED) is 0.246. The van der Waals surface area contributed by atoms with Gasteiger partial charge in [0.05, 0.1) is 10.8 Å². The zero-order valence-electron chi connectivity index (χ0n) is 23.7. The van der Waals surface area contributed by atoms with E-state index in [1.807, 2.05) is 37.6 Å². The lowest BCUT2D eigenvalue weighted by Gasteiger charge is -2.18. The Balaban J connectivity index is 1.58. The van der Waals surface area contributed by atoms with Crippen LogP contribution in [-0.4, -0.2) is 36.8 Å². The summed E-state index contributed by atoms with van der Waals surface area (Å²) >= 11 is 0. The maximum Gasteiger partial charge on any atom is 0.331 e. The first kappa shape index (κ1) is 28.9. The molecule has 0 saturated carbocycles. The van der Waals surface area contributed by atoms with Crippen molar-refractivity contribution in [2.24, 2.45) is 7.05 Å². The Hall–Kier alpha value is -4.57. The molecule has 1 amide bonds. The Labute approximate surface area is 244 Å². The molecule has 1 aliphatic heterocycles. The second-order valence-corrected chi connectivity index (χ2v) is 12.2. The number of benzene rings is 3. The van der Waals surface area contributed by atoms with E-state index < -0.39 is 27.8 Å². The highest BCUT2D eigenvalue weighted by Crippen LogP contribution is 2.39. The molecule has 2 N–H and O–H groups in total. The highest BCUT2D eigenvalue weighted by Gasteiger charge is 2.31. The van der Waals surface area contributed by atoms with E-state index in [4.69, 9.17) is 9.47 Å². The summed E-state index contributed by atoms with van der Waals surface area (Å²) in [6.45, 7) is 5.86. The molecule has 1 atom stereocenters. The Kier molecular flexibility index (Phi) is 7.83. The zero-order valence-corrected chi connectivity index (χ0v) is 24.6. The van der Waals surface area contributed by atoms with Gasteiger partial charge in [0, 0.05) is 29.7 Å². The fraction of sp³-hybridized carbons (Fsp3) is 0.250. The van der Waals surface area contributed by atoms with Gasteiger partial charge in [-0.05, 0) is 71.0 Å². The number of amides is 1. The summed E-state index contributed by atoms with van der Waals surface area (Å²) in [5.74, 6) is -1.49. The fourth-order valence-corrected chi connectivity index (χ4v) is 6.11. The summed E-state index contributed by atoms with van der Waals surface area (Å²) in [5.41, 5.74) is 3.82. The summed E-state index contributed by atoms with van der Waals surface area (Å²) < 4.78 is 41.8. The molecular weight excluding hydrogens is 556 g/mol. The van der Waals surface area contributed by atoms with E-state index in [1.54, 1.807) is 55.6 Å². The number of fused-ring (bicyclic) bond motifs is 2. The van der Waals surface area contributed by atoms with Gasteiger partial charge in [0.1, 0.15) is 0 Å². The molecule has 9 nitrogen and oxygen atoms in total. The number of aromatic nitrogens is 1. The lowest BCUT2D eigenvalue weighted by molar-refractivity contribution is -0.132. The van der Waals surface area contributed by atoms with Crippen molar-refractivity contribution >= 4 is 38.9 Å². The van der Waals surface area contributed by atoms with Gasteiger partial charge in [-0.15, -0.1) is 0 Å². The van der Waals surface area contributed by atoms with E-state index in [2.05, 4.69) is 4.72 Å². The number of hydrogen-bond donors (Lipinski definition) is 2. The molecule has 0 saturated heterocycles. The average Bonchev–Trinajstić information content (AvgIpc) is 3.55. The summed E-state index contributed by atoms with van der Waals surface area (Å²) in [6, 6.07) is 17.0. The molecule has 3 aromatic carbocycles. The molecule has 5 rings (SSSR count). The molecule has 0 aliphatic carbocycles. The lowest BCUT2D eigenvalue weighted by Crippen LogP contribution is -2.35. The van der Waals surface area contributed by atoms with Gasteiger partial charge in [0.15, 0.2) is 11.5 Å². The summed E-state index contributed by atoms with van der Waals surface area (Å²) in [4.78, 5) is 25.5. The van der Waals surface area contributed by atoms with Crippen LogP contribution >= 0.6 is 0 Å². The van der Waals surface area contributed by atoms with Gasteiger partial charge in [-0.3, -0.25) is 4.79 Å². The molecule has 1 unspecified atom stereocenters. The van der Waals surface area contributed by atoms with Crippen LogP contribution in [0.15, 0.2) is 77.3 Å². The molecule has 0 radical (unpaired) electrons. The van der Waals surface area contributed by atoms with Crippen molar-refractivity contribution in [3.63, 3.8) is 0 Å². The molecule has 2 heterocycles. The predicted molar refractivity (Wildman–Crippen MR) is 159 cm³/mol. The van der Waals surface area contributed by atoms with E-state index in [-0.39, 0.29) is 23.2 Å². The number of carbonyl (C=O) groups excluding carboxylic acids is 1. The van der Waals surface area contributed by atoms with Crippen molar-refractivity contribution in [2.45, 2.75) is 43.9 Å². The zero-order chi connectivity index (χ0) is 30.2. The second-order valence-electron chi connectivity index (χ2n) is 10.5. The Morgan fingerprint density at radius 3 is 2.36 bits per heavy atom. The van der Waals surface area contributed by atoms with Crippen LogP contribution in [-0.2, 0) is 26.7 Å². The Morgan fingerprint density at radius 2 is 1.69 bits per heavy atom. The van der Waals surface area contributed by atoms with Crippen LogP contribution in [0.5, 0.6) is 11.5 Å². The van der Waals surface area contributed by atoms with Gasteiger partial charge in [-0.25, -0.2) is 17.9 Å². The standard InChI is InChI=1S/C32H32N2O7S/c1-5-21(32(36)37)14-20-6-12-25-26(17-34(4)27(25)15-20)30(23-9-13-28-29(16-23)41-18-40-28)31(35)33-42(38,39)24-10-7-22(8-11-24)19(2)3/h6-17,19,30H,5,18H2,1-4H3,(H,33,35)(H,36,37). The van der Waals surface area contributed by atoms with Crippen LogP contribution in [0.25, 0.3) is 17.0 Å². The number of sulfonamides is 1. The average molecular weight is 589 g/mol. The van der Waals surface area contributed by atoms with Gasteiger partial charge < -0.3 is 19.1 Å². The highest BCUT2D eigenvalue weighted by molar-refractivity contribution is 7.90. The number of carboxylic acid groups (broad SMARTS) is 1. The first-order chi connectivity index (χ1) is 20.0. The largest absolute Gasteiger partial charge is 0.478 e. The number of nitrogens with zero attached hydrogens (tertiary/aromatic N) is 1. The van der Waals surface area contributed by atoms with Gasteiger partial charge >= 0.3 is 5.97 Å². The van der Waals surface area contributed by atoms with Crippen LogP contribution in [0.2, 0.25) is 0 Å². The summed E-state index contributed by atoms with van der Waals surface area (Å²) in [5, 5.41) is 10.2. The number of carbonyl (C=O) groups is 2. The molecule has 42 heavy (non-hydrogen) atoms. The molecule has 0 fully saturated rings. The fourth-order valence-electron chi connectivity index (χ4n) is 5.12. The Morgan fingerprint density at radius 1 is 1.00 bits per heavy atom. The van der Waals surface area contributed by atoms with E-state index >= 15 is 0 Å². The number of rotatable bonds is 9. The minimum atomic E-state index is -4.18. The smallest absolute Gasteiger partial charge is 0.331 e. The minimum absolute atomic E-state index is 0.0100. The molecule has 1 aromatic heterocycles. The number of ether oxygens (including phenoxy) is 2. The van der Waals surface area contributed by atoms with E-state index in [1.165, 1.54) is 12.1 Å². The summed E-state index contributed by atoms with van der Waals surface area (Å²) in [7, 11) is -2.36. The van der Waals surface area contributed by atoms with Gasteiger partial charge in [-0.2, -0.15) is 0 Å². The van der Waals surface area contributed by atoms with Crippen molar-refractivity contribution in [1.82, 2.24) is 9.29 Å². The number of aryl methyl sites for hydroxylation is 1. The van der Waals surface area contributed by atoms with Crippen LogP contribution in [0, 0.1) is 0 Å². The summed E-state index contributed by atoms with van der Waals surface area (Å²) in [6.07, 6.45) is 3.77. The molecule has 10 heteroatoms. The van der Waals surface area contributed by atoms with E-state index in [0.717, 1.165) is 16.5 Å². The number of nitrogens with one attached hydrogen (secondary N) is 1. The van der Waals surface area contributed by atoms with Crippen LogP contribution in [0.1, 0.15) is 61.3 Å². The third kappa shape index (κ3) is 5.62. The van der Waals surface area contributed by atoms with E-state index in [9.17, 15) is 23.1 Å². The minimum Gasteiger partial charge on any atom is -0.478 e. The highest BCUT2D eigenvalue weighted by atomic mass is 32.2. The van der Waals surface area contributed by atoms with Crippen LogP contribution < -0.4 is 14.2 Å². The molecular formula is C32H32N2O7S. The molecule has 1 aliphatic rings. The molecule has 0 bridgehead atoms. The van der Waals surface area contributed by atoms with Crippen molar-refractivity contribution in [3.8, 4) is 11.5 Å². The molecule has 4 aromatic rings. The number of aliphatic carboxylic acids is 1. The first-order valence-corrected chi connectivity index (χ1v) is 15.1. The third-order valence-corrected chi connectivity index (χ3v) is 8.80. The van der Waals surface area contributed by atoms with E-state index in [0.29, 0.717) is 34.6 Å². The predicted octanol–water partition coefficient (Wildman–Crippen LogP) is 5.55. The van der Waals surface area contributed by atoms with Crippen molar-refractivity contribution in [3.05, 3.63) is 94.7 Å². The van der Waals surface area contributed by atoms with Gasteiger partial charge in [0.2, 0.25) is 12.7 Å². The third-order valence-electron chi connectivity index (χ3n) is 7.44. The van der Waals surface area contributed by atoms with Crippen molar-refractivity contribution in [1.29, 1.82) is 0 Å². The molecule has 0 spiro atoms. The normalized spacial score (nSPS) is 13.9. The molecule has 218 valence electrons.